The van der Waals surface area contributed by atoms with Crippen LogP contribution < -0.4 is 9.47 Å². The summed E-state index contributed by atoms with van der Waals surface area (Å²) in [6, 6.07) is 28.7. The van der Waals surface area contributed by atoms with Gasteiger partial charge < -0.3 is 9.47 Å². The fourth-order valence-corrected chi connectivity index (χ4v) is 4.88. The van der Waals surface area contributed by atoms with Gasteiger partial charge in [-0.05, 0) is 59.7 Å². The molecule has 0 bridgehead atoms. The number of imide groups is 2. The van der Waals surface area contributed by atoms with Gasteiger partial charge in [0.1, 0.15) is 24.7 Å². The fourth-order valence-electron chi connectivity index (χ4n) is 4.88. The largest absolute Gasteiger partial charge is 0.492 e. The average molecular weight is 533 g/mol. The van der Waals surface area contributed by atoms with Crippen molar-refractivity contribution in [2.75, 3.05) is 26.3 Å². The standard InChI is InChI=1S/C32H24N2O6/c35-29-25-5-1-2-6-26(25)30(36)33(29)17-19-39-23-13-9-21(10-14-23)22-11-15-24(16-12-22)40-20-18-34-31(37)27-7-3-4-8-28(27)32(34)38/h1-16H,17-20H2. The third-order valence-electron chi connectivity index (χ3n) is 6.97. The average Bonchev–Trinajstić information content (AvgIpc) is 3.38. The molecule has 2 heterocycles. The highest BCUT2D eigenvalue weighted by Crippen LogP contribution is 2.26. The van der Waals surface area contributed by atoms with Gasteiger partial charge in [0.25, 0.3) is 23.6 Å². The lowest BCUT2D eigenvalue weighted by atomic mass is 10.1. The Hall–Kier alpha value is -5.24. The van der Waals surface area contributed by atoms with Crippen LogP contribution >= 0.6 is 0 Å². The summed E-state index contributed by atoms with van der Waals surface area (Å²) >= 11 is 0. The molecular weight excluding hydrogens is 508 g/mol. The van der Waals surface area contributed by atoms with E-state index < -0.39 is 0 Å². The van der Waals surface area contributed by atoms with Gasteiger partial charge in [0.15, 0.2) is 0 Å². The predicted molar refractivity (Wildman–Crippen MR) is 146 cm³/mol. The first-order valence-corrected chi connectivity index (χ1v) is 12.9. The third-order valence-corrected chi connectivity index (χ3v) is 6.97. The molecular formula is C32H24N2O6. The van der Waals surface area contributed by atoms with Crippen LogP contribution in [0.4, 0.5) is 0 Å². The number of rotatable bonds is 9. The lowest BCUT2D eigenvalue weighted by molar-refractivity contribution is 0.0617. The van der Waals surface area contributed by atoms with E-state index in [1.54, 1.807) is 48.5 Å². The maximum absolute atomic E-state index is 12.5. The van der Waals surface area contributed by atoms with Crippen LogP contribution in [0, 0.1) is 0 Å². The summed E-state index contributed by atoms with van der Waals surface area (Å²) in [6.45, 7) is 0.722. The number of amides is 4. The molecule has 0 aromatic heterocycles. The molecule has 0 unspecified atom stereocenters. The van der Waals surface area contributed by atoms with Gasteiger partial charge in [-0.3, -0.25) is 29.0 Å². The Bertz CT molecular complexity index is 1440. The van der Waals surface area contributed by atoms with Crippen molar-refractivity contribution in [3.8, 4) is 22.6 Å². The molecule has 4 aromatic carbocycles. The molecule has 6 rings (SSSR count). The topological polar surface area (TPSA) is 93.2 Å². The Balaban J connectivity index is 0.986. The molecule has 0 radical (unpaired) electrons. The summed E-state index contributed by atoms with van der Waals surface area (Å²) in [4.78, 5) is 52.3. The molecule has 4 aromatic rings. The molecule has 198 valence electrons. The molecule has 0 spiro atoms. The maximum Gasteiger partial charge on any atom is 0.261 e. The van der Waals surface area contributed by atoms with Gasteiger partial charge in [0, 0.05) is 0 Å². The molecule has 4 amide bonds. The number of ether oxygens (including phenoxy) is 2. The zero-order valence-corrected chi connectivity index (χ0v) is 21.4. The van der Waals surface area contributed by atoms with Crippen LogP contribution in [-0.2, 0) is 0 Å². The first-order valence-electron chi connectivity index (χ1n) is 12.9. The minimum absolute atomic E-state index is 0.169. The van der Waals surface area contributed by atoms with Crippen LogP contribution in [0.5, 0.6) is 11.5 Å². The molecule has 8 nitrogen and oxygen atoms in total. The van der Waals surface area contributed by atoms with Crippen molar-refractivity contribution in [2.45, 2.75) is 0 Å². The van der Waals surface area contributed by atoms with E-state index in [9.17, 15) is 19.2 Å². The minimum Gasteiger partial charge on any atom is -0.492 e. The third kappa shape index (κ3) is 4.60. The number of carbonyl (C=O) groups is 4. The molecule has 0 fully saturated rings. The summed E-state index contributed by atoms with van der Waals surface area (Å²) in [5.74, 6) is 0.0826. The number of fused-ring (bicyclic) bond motifs is 2. The smallest absolute Gasteiger partial charge is 0.261 e. The second kappa shape index (κ2) is 10.5. The normalized spacial score (nSPS) is 14.0. The van der Waals surface area contributed by atoms with Gasteiger partial charge in [-0.1, -0.05) is 48.5 Å². The van der Waals surface area contributed by atoms with Crippen molar-refractivity contribution in [1.82, 2.24) is 9.80 Å². The van der Waals surface area contributed by atoms with Crippen molar-refractivity contribution < 1.29 is 28.7 Å². The highest BCUT2D eigenvalue weighted by molar-refractivity contribution is 6.22. The molecule has 0 atom stereocenters. The van der Waals surface area contributed by atoms with Crippen molar-refractivity contribution in [2.24, 2.45) is 0 Å². The minimum atomic E-state index is -0.296. The molecule has 2 aliphatic rings. The van der Waals surface area contributed by atoms with Crippen LogP contribution in [0.3, 0.4) is 0 Å². The maximum atomic E-state index is 12.5. The Morgan fingerprint density at radius 1 is 0.425 bits per heavy atom. The van der Waals surface area contributed by atoms with E-state index in [-0.39, 0.29) is 49.9 Å². The monoisotopic (exact) mass is 532 g/mol. The second-order valence-electron chi connectivity index (χ2n) is 9.36. The highest BCUT2D eigenvalue weighted by Gasteiger charge is 2.35. The van der Waals surface area contributed by atoms with Crippen LogP contribution in [0.15, 0.2) is 97.1 Å². The van der Waals surface area contributed by atoms with E-state index in [0.717, 1.165) is 11.1 Å². The van der Waals surface area contributed by atoms with Crippen LogP contribution in [0.1, 0.15) is 41.4 Å². The van der Waals surface area contributed by atoms with Crippen LogP contribution in [-0.4, -0.2) is 59.7 Å². The SMILES string of the molecule is O=C1c2ccccc2C(=O)N1CCOc1ccc(-c2ccc(OCCN3C(=O)c4ccccc4C3=O)cc2)cc1. The first-order chi connectivity index (χ1) is 19.5. The summed E-state index contributed by atoms with van der Waals surface area (Å²) in [7, 11) is 0. The van der Waals surface area contributed by atoms with Crippen molar-refractivity contribution in [1.29, 1.82) is 0 Å². The lowest BCUT2D eigenvalue weighted by Gasteiger charge is -2.15. The van der Waals surface area contributed by atoms with Gasteiger partial charge >= 0.3 is 0 Å². The number of hydrogen-bond acceptors (Lipinski definition) is 6. The zero-order chi connectivity index (χ0) is 27.6. The number of carbonyl (C=O) groups excluding carboxylic acids is 4. The van der Waals surface area contributed by atoms with E-state index in [1.807, 2.05) is 48.5 Å². The molecule has 0 saturated heterocycles. The Morgan fingerprint density at radius 3 is 1.02 bits per heavy atom. The Kier molecular flexibility index (Phi) is 6.57. The van der Waals surface area contributed by atoms with Gasteiger partial charge in [-0.2, -0.15) is 0 Å². The lowest BCUT2D eigenvalue weighted by Crippen LogP contribution is -2.33. The summed E-state index contributed by atoms with van der Waals surface area (Å²) < 4.78 is 11.6. The zero-order valence-electron chi connectivity index (χ0n) is 21.4. The molecule has 2 aliphatic heterocycles. The van der Waals surface area contributed by atoms with Crippen LogP contribution in [0.2, 0.25) is 0 Å². The molecule has 0 aliphatic carbocycles. The fraction of sp³-hybridized carbons (Fsp3) is 0.125. The summed E-state index contributed by atoms with van der Waals surface area (Å²) in [5.41, 5.74) is 3.66. The highest BCUT2D eigenvalue weighted by atomic mass is 16.5. The Labute approximate surface area is 230 Å². The molecule has 40 heavy (non-hydrogen) atoms. The Morgan fingerprint density at radius 2 is 0.725 bits per heavy atom. The van der Waals surface area contributed by atoms with E-state index >= 15 is 0 Å². The van der Waals surface area contributed by atoms with Crippen molar-refractivity contribution in [3.63, 3.8) is 0 Å². The van der Waals surface area contributed by atoms with Crippen LogP contribution in [0.25, 0.3) is 11.1 Å². The van der Waals surface area contributed by atoms with E-state index in [4.69, 9.17) is 9.47 Å². The number of nitrogens with zero attached hydrogens (tertiary/aromatic N) is 2. The first kappa shape index (κ1) is 25.1. The molecule has 0 saturated carbocycles. The van der Waals surface area contributed by atoms with Crippen molar-refractivity contribution in [3.05, 3.63) is 119 Å². The van der Waals surface area contributed by atoms with Gasteiger partial charge in [-0.15, -0.1) is 0 Å². The van der Waals surface area contributed by atoms with Crippen molar-refractivity contribution >= 4 is 23.6 Å². The summed E-state index contributed by atoms with van der Waals surface area (Å²) in [5, 5.41) is 0. The number of benzene rings is 4. The van der Waals surface area contributed by atoms with E-state index in [1.165, 1.54) is 9.80 Å². The van der Waals surface area contributed by atoms with Gasteiger partial charge in [0.2, 0.25) is 0 Å². The van der Waals surface area contributed by atoms with Gasteiger partial charge in [0.05, 0.1) is 35.3 Å². The molecule has 0 N–H and O–H groups in total. The van der Waals surface area contributed by atoms with E-state index in [2.05, 4.69) is 0 Å². The predicted octanol–water partition coefficient (Wildman–Crippen LogP) is 4.70. The van der Waals surface area contributed by atoms with Gasteiger partial charge in [-0.25, -0.2) is 0 Å². The second-order valence-corrected chi connectivity index (χ2v) is 9.36. The quantitative estimate of drug-likeness (QED) is 0.290. The van der Waals surface area contributed by atoms with E-state index in [0.29, 0.717) is 33.8 Å². The molecule has 8 heteroatoms. The number of hydrogen-bond donors (Lipinski definition) is 0. The summed E-state index contributed by atoms with van der Waals surface area (Å²) in [6.07, 6.45) is 0.